The van der Waals surface area contributed by atoms with Gasteiger partial charge in [0.15, 0.2) is 11.6 Å². The van der Waals surface area contributed by atoms with Crippen molar-refractivity contribution in [2.75, 3.05) is 0 Å². The monoisotopic (exact) mass is 236 g/mol. The third-order valence-electron chi connectivity index (χ3n) is 2.47. The second kappa shape index (κ2) is 4.22. The number of aryl methyl sites for hydroxylation is 2. The Morgan fingerprint density at radius 3 is 2.62 bits per heavy atom. The summed E-state index contributed by atoms with van der Waals surface area (Å²) >= 11 is 6.02. The molecule has 1 atom stereocenters. The first-order valence-corrected chi connectivity index (χ1v) is 5.48. The molecule has 0 saturated carbocycles. The van der Waals surface area contributed by atoms with E-state index in [1.165, 1.54) is 0 Å². The van der Waals surface area contributed by atoms with Crippen LogP contribution in [0.15, 0.2) is 18.6 Å². The molecular weight excluding hydrogens is 224 g/mol. The van der Waals surface area contributed by atoms with Gasteiger partial charge in [0.1, 0.15) is 0 Å². The van der Waals surface area contributed by atoms with E-state index in [2.05, 4.69) is 15.0 Å². The van der Waals surface area contributed by atoms with Crippen LogP contribution in [0.3, 0.4) is 0 Å². The van der Waals surface area contributed by atoms with E-state index < -0.39 is 0 Å². The minimum atomic E-state index is -0.0737. The molecule has 0 aliphatic heterocycles. The minimum Gasteiger partial charge on any atom is -0.331 e. The summed E-state index contributed by atoms with van der Waals surface area (Å²) in [6.45, 7) is 3.84. The zero-order valence-electron chi connectivity index (χ0n) is 9.48. The van der Waals surface area contributed by atoms with Crippen LogP contribution in [-0.2, 0) is 7.05 Å². The highest BCUT2D eigenvalue weighted by atomic mass is 35.5. The van der Waals surface area contributed by atoms with Gasteiger partial charge in [-0.2, -0.15) is 0 Å². The minimum absolute atomic E-state index is 0.0737. The summed E-state index contributed by atoms with van der Waals surface area (Å²) in [6, 6.07) is 0. The number of alkyl halides is 1. The highest BCUT2D eigenvalue weighted by Gasteiger charge is 2.11. The summed E-state index contributed by atoms with van der Waals surface area (Å²) in [6.07, 6.45) is 5.36. The lowest BCUT2D eigenvalue weighted by atomic mass is 10.2. The molecule has 2 heterocycles. The van der Waals surface area contributed by atoms with Crippen molar-refractivity contribution in [2.45, 2.75) is 19.2 Å². The fourth-order valence-corrected chi connectivity index (χ4v) is 1.77. The van der Waals surface area contributed by atoms with Gasteiger partial charge in [-0.05, 0) is 13.8 Å². The van der Waals surface area contributed by atoms with Gasteiger partial charge in [-0.1, -0.05) is 0 Å². The first kappa shape index (κ1) is 11.1. The average Bonchev–Trinajstić information content (AvgIpc) is 2.63. The Labute approximate surface area is 99.3 Å². The van der Waals surface area contributed by atoms with E-state index in [1.807, 2.05) is 31.7 Å². The lowest BCUT2D eigenvalue weighted by Crippen LogP contribution is -2.01. The molecule has 0 aliphatic rings. The smallest absolute Gasteiger partial charge is 0.196 e. The van der Waals surface area contributed by atoms with E-state index in [0.29, 0.717) is 5.82 Å². The van der Waals surface area contributed by atoms with Crippen LogP contribution in [0.1, 0.15) is 23.6 Å². The normalized spacial score (nSPS) is 12.8. The van der Waals surface area contributed by atoms with E-state index in [1.54, 1.807) is 12.4 Å². The molecule has 0 amide bonds. The molecule has 0 aromatic carbocycles. The summed E-state index contributed by atoms with van der Waals surface area (Å²) < 4.78 is 1.89. The van der Waals surface area contributed by atoms with E-state index >= 15 is 0 Å². The van der Waals surface area contributed by atoms with Gasteiger partial charge < -0.3 is 4.57 Å². The zero-order valence-corrected chi connectivity index (χ0v) is 10.2. The van der Waals surface area contributed by atoms with Crippen LogP contribution in [0.4, 0.5) is 0 Å². The predicted molar refractivity (Wildman–Crippen MR) is 63.2 cm³/mol. The van der Waals surface area contributed by atoms with Crippen LogP contribution in [0.5, 0.6) is 0 Å². The van der Waals surface area contributed by atoms with Crippen molar-refractivity contribution in [1.82, 2.24) is 19.5 Å². The Hall–Kier alpha value is -1.42. The molecular formula is C11H13ClN4. The Balaban J connectivity index is 2.46. The Kier molecular flexibility index (Phi) is 2.92. The van der Waals surface area contributed by atoms with E-state index in [0.717, 1.165) is 17.1 Å². The number of nitrogens with zero attached hydrogens (tertiary/aromatic N) is 4. The average molecular weight is 237 g/mol. The van der Waals surface area contributed by atoms with Gasteiger partial charge in [-0.15, -0.1) is 11.6 Å². The first-order chi connectivity index (χ1) is 7.59. The molecule has 2 aromatic rings. The first-order valence-electron chi connectivity index (χ1n) is 5.05. The molecule has 0 radical (unpaired) electrons. The van der Waals surface area contributed by atoms with Gasteiger partial charge in [-0.3, -0.25) is 0 Å². The number of hydrogen-bond donors (Lipinski definition) is 0. The van der Waals surface area contributed by atoms with Crippen LogP contribution < -0.4 is 0 Å². The van der Waals surface area contributed by atoms with Crippen molar-refractivity contribution in [3.8, 4) is 11.6 Å². The molecule has 2 aromatic heterocycles. The number of hydrogen-bond acceptors (Lipinski definition) is 3. The Morgan fingerprint density at radius 2 is 2.12 bits per heavy atom. The van der Waals surface area contributed by atoms with Crippen molar-refractivity contribution in [2.24, 2.45) is 7.05 Å². The Morgan fingerprint density at radius 1 is 1.38 bits per heavy atom. The molecule has 0 saturated heterocycles. The maximum absolute atomic E-state index is 6.02. The summed E-state index contributed by atoms with van der Waals surface area (Å²) in [5.41, 5.74) is 1.86. The molecule has 0 spiro atoms. The fourth-order valence-electron chi connectivity index (χ4n) is 1.56. The maximum Gasteiger partial charge on any atom is 0.196 e. The molecule has 1 unspecified atom stereocenters. The third-order valence-corrected chi connectivity index (χ3v) is 2.70. The quantitative estimate of drug-likeness (QED) is 0.753. The predicted octanol–water partition coefficient (Wildman–Crippen LogP) is 2.49. The van der Waals surface area contributed by atoms with Crippen LogP contribution >= 0.6 is 11.6 Å². The standard InChI is InChI=1S/C11H13ClN4/c1-7(12)9-6-14-10(15-8(9)2)11-13-4-5-16(11)3/h4-7H,1-3H3. The highest BCUT2D eigenvalue weighted by Crippen LogP contribution is 2.22. The SMILES string of the molecule is Cc1nc(-c2nccn2C)ncc1C(C)Cl. The molecule has 0 bridgehead atoms. The van der Waals surface area contributed by atoms with E-state index in [4.69, 9.17) is 11.6 Å². The zero-order chi connectivity index (χ0) is 11.7. The molecule has 2 rings (SSSR count). The van der Waals surface area contributed by atoms with Crippen molar-refractivity contribution < 1.29 is 0 Å². The molecule has 4 nitrogen and oxygen atoms in total. The molecule has 0 fully saturated rings. The fraction of sp³-hybridized carbons (Fsp3) is 0.364. The largest absolute Gasteiger partial charge is 0.331 e. The summed E-state index contributed by atoms with van der Waals surface area (Å²) in [7, 11) is 1.92. The van der Waals surface area contributed by atoms with Crippen LogP contribution in [0.25, 0.3) is 11.6 Å². The second-order valence-electron chi connectivity index (χ2n) is 3.71. The number of rotatable bonds is 2. The van der Waals surface area contributed by atoms with E-state index in [-0.39, 0.29) is 5.38 Å². The van der Waals surface area contributed by atoms with E-state index in [9.17, 15) is 0 Å². The second-order valence-corrected chi connectivity index (χ2v) is 4.37. The Bertz CT molecular complexity index is 504. The van der Waals surface area contributed by atoms with Gasteiger partial charge in [0.2, 0.25) is 0 Å². The molecule has 84 valence electrons. The van der Waals surface area contributed by atoms with Crippen molar-refractivity contribution in [3.05, 3.63) is 29.8 Å². The van der Waals surface area contributed by atoms with Gasteiger partial charge in [-0.25, -0.2) is 15.0 Å². The maximum atomic E-state index is 6.02. The molecule has 0 N–H and O–H groups in total. The third kappa shape index (κ3) is 1.93. The van der Waals surface area contributed by atoms with Crippen LogP contribution in [0.2, 0.25) is 0 Å². The topological polar surface area (TPSA) is 43.6 Å². The lowest BCUT2D eigenvalue weighted by molar-refractivity contribution is 0.892. The van der Waals surface area contributed by atoms with Gasteiger partial charge in [0, 0.05) is 36.9 Å². The van der Waals surface area contributed by atoms with Crippen molar-refractivity contribution in [1.29, 1.82) is 0 Å². The van der Waals surface area contributed by atoms with Crippen molar-refractivity contribution >= 4 is 11.6 Å². The lowest BCUT2D eigenvalue weighted by Gasteiger charge is -2.08. The van der Waals surface area contributed by atoms with Gasteiger partial charge in [0.25, 0.3) is 0 Å². The summed E-state index contributed by atoms with van der Waals surface area (Å²) in [5, 5.41) is -0.0737. The van der Waals surface area contributed by atoms with Gasteiger partial charge >= 0.3 is 0 Å². The number of aromatic nitrogens is 4. The van der Waals surface area contributed by atoms with Crippen molar-refractivity contribution in [3.63, 3.8) is 0 Å². The molecule has 0 aliphatic carbocycles. The highest BCUT2D eigenvalue weighted by molar-refractivity contribution is 6.20. The molecule has 5 heteroatoms. The van der Waals surface area contributed by atoms with Crippen LogP contribution in [0, 0.1) is 6.92 Å². The number of imidazole rings is 1. The molecule has 16 heavy (non-hydrogen) atoms. The summed E-state index contributed by atoms with van der Waals surface area (Å²) in [4.78, 5) is 12.9. The number of halogens is 1. The van der Waals surface area contributed by atoms with Crippen LogP contribution in [-0.4, -0.2) is 19.5 Å². The summed E-state index contributed by atoms with van der Waals surface area (Å²) in [5.74, 6) is 1.39. The van der Waals surface area contributed by atoms with Gasteiger partial charge in [0.05, 0.1) is 5.38 Å².